The van der Waals surface area contributed by atoms with E-state index in [0.29, 0.717) is 21.9 Å². The lowest BCUT2D eigenvalue weighted by molar-refractivity contribution is 0.0821. The van der Waals surface area contributed by atoms with E-state index in [1.165, 1.54) is 9.58 Å². The summed E-state index contributed by atoms with van der Waals surface area (Å²) in [6, 6.07) is 1.65. The number of carbonyl (C=O) groups excluding carboxylic acids is 1. The predicted molar refractivity (Wildman–Crippen MR) is 74.4 cm³/mol. The zero-order valence-corrected chi connectivity index (χ0v) is 12.3. The molecule has 0 unspecified atom stereocenters. The van der Waals surface area contributed by atoms with Crippen molar-refractivity contribution in [3.63, 3.8) is 0 Å². The third-order valence-electron chi connectivity index (χ3n) is 2.38. The molecule has 0 aliphatic carbocycles. The zero-order chi connectivity index (χ0) is 14.0. The van der Waals surface area contributed by atoms with Gasteiger partial charge in [-0.1, -0.05) is 0 Å². The van der Waals surface area contributed by atoms with Gasteiger partial charge in [-0.15, -0.1) is 0 Å². The van der Waals surface area contributed by atoms with E-state index in [-0.39, 0.29) is 5.91 Å². The van der Waals surface area contributed by atoms with Crippen LogP contribution in [0, 0.1) is 0 Å². The molecule has 100 valence electrons. The first kappa shape index (κ1) is 13.5. The third kappa shape index (κ3) is 2.73. The number of rotatable bonds is 3. The second-order valence-electron chi connectivity index (χ2n) is 3.96. The lowest BCUT2D eigenvalue weighted by Crippen LogP contribution is -2.22. The van der Waals surface area contributed by atoms with Crippen LogP contribution in [0.5, 0.6) is 0 Å². The normalized spacial score (nSPS) is 10.3. The highest BCUT2D eigenvalue weighted by Crippen LogP contribution is 2.18. The maximum absolute atomic E-state index is 11.8. The Bertz CT molecular complexity index is 609. The Morgan fingerprint density at radius 3 is 2.84 bits per heavy atom. The molecule has 0 saturated heterocycles. The average Bonchev–Trinajstić information content (AvgIpc) is 2.87. The van der Waals surface area contributed by atoms with Gasteiger partial charge in [-0.25, -0.2) is 9.67 Å². The molecule has 8 heteroatoms. The summed E-state index contributed by atoms with van der Waals surface area (Å²) in [5, 5.41) is 7.07. The molecule has 0 saturated carbocycles. The van der Waals surface area contributed by atoms with Crippen molar-refractivity contribution in [1.82, 2.24) is 24.6 Å². The van der Waals surface area contributed by atoms with E-state index in [1.54, 1.807) is 39.6 Å². The van der Waals surface area contributed by atoms with E-state index >= 15 is 0 Å². The van der Waals surface area contributed by atoms with Gasteiger partial charge in [-0.3, -0.25) is 4.79 Å². The van der Waals surface area contributed by atoms with Gasteiger partial charge in [0.15, 0.2) is 11.5 Å². The molecule has 7 nitrogen and oxygen atoms in total. The Morgan fingerprint density at radius 1 is 1.47 bits per heavy atom. The minimum absolute atomic E-state index is 0.155. The maximum atomic E-state index is 11.8. The van der Waals surface area contributed by atoms with E-state index in [9.17, 15) is 4.79 Å². The molecule has 1 N–H and O–H groups in total. The molecule has 2 aromatic rings. The molecule has 0 spiro atoms. The molecular weight excluding hydrogens is 312 g/mol. The fraction of sp³-hybridized carbons (Fsp3) is 0.273. The SMILES string of the molecule is CNc1ncc(Br)c(-n2ccc(C(=O)N(C)C)n2)n1. The summed E-state index contributed by atoms with van der Waals surface area (Å²) in [4.78, 5) is 21.6. The number of hydrogen-bond donors (Lipinski definition) is 1. The molecule has 19 heavy (non-hydrogen) atoms. The van der Waals surface area contributed by atoms with Crippen molar-refractivity contribution in [1.29, 1.82) is 0 Å². The monoisotopic (exact) mass is 324 g/mol. The molecule has 2 rings (SSSR count). The summed E-state index contributed by atoms with van der Waals surface area (Å²) in [7, 11) is 5.10. The highest BCUT2D eigenvalue weighted by atomic mass is 79.9. The number of carbonyl (C=O) groups is 1. The summed E-state index contributed by atoms with van der Waals surface area (Å²) < 4.78 is 2.22. The van der Waals surface area contributed by atoms with Crippen molar-refractivity contribution in [3.05, 3.63) is 28.6 Å². The lowest BCUT2D eigenvalue weighted by Gasteiger charge is -2.07. The molecule has 0 aromatic carbocycles. The van der Waals surface area contributed by atoms with Crippen molar-refractivity contribution in [2.45, 2.75) is 0 Å². The first-order chi connectivity index (χ1) is 9.02. The molecule has 0 aliphatic rings. The first-order valence-electron chi connectivity index (χ1n) is 5.51. The van der Waals surface area contributed by atoms with Gasteiger partial charge in [0, 0.05) is 33.5 Å². The number of halogens is 1. The molecule has 0 fully saturated rings. The summed E-state index contributed by atoms with van der Waals surface area (Å²) in [6.07, 6.45) is 3.31. The Balaban J connectivity index is 2.40. The van der Waals surface area contributed by atoms with Gasteiger partial charge in [0.05, 0.1) is 4.47 Å². The molecule has 0 radical (unpaired) electrons. The van der Waals surface area contributed by atoms with Crippen LogP contribution in [0.15, 0.2) is 22.9 Å². The smallest absolute Gasteiger partial charge is 0.273 e. The zero-order valence-electron chi connectivity index (χ0n) is 10.8. The lowest BCUT2D eigenvalue weighted by atomic mass is 10.4. The van der Waals surface area contributed by atoms with E-state index in [1.807, 2.05) is 0 Å². The van der Waals surface area contributed by atoms with Crippen molar-refractivity contribution < 1.29 is 4.79 Å². The van der Waals surface area contributed by atoms with Crippen LogP contribution in [0.3, 0.4) is 0 Å². The van der Waals surface area contributed by atoms with Crippen LogP contribution in [0.4, 0.5) is 5.95 Å². The summed E-state index contributed by atoms with van der Waals surface area (Å²) >= 11 is 3.36. The van der Waals surface area contributed by atoms with E-state index in [0.717, 1.165) is 0 Å². The van der Waals surface area contributed by atoms with Gasteiger partial charge in [-0.2, -0.15) is 10.1 Å². The molecule has 0 aliphatic heterocycles. The average molecular weight is 325 g/mol. The fourth-order valence-corrected chi connectivity index (χ4v) is 1.80. The second-order valence-corrected chi connectivity index (χ2v) is 4.81. The van der Waals surface area contributed by atoms with Gasteiger partial charge in [-0.05, 0) is 22.0 Å². The van der Waals surface area contributed by atoms with E-state index < -0.39 is 0 Å². The molecule has 2 heterocycles. The summed E-state index contributed by atoms with van der Waals surface area (Å²) in [5.74, 6) is 0.893. The fourth-order valence-electron chi connectivity index (χ4n) is 1.42. The van der Waals surface area contributed by atoms with Crippen LogP contribution in [-0.4, -0.2) is 51.7 Å². The van der Waals surface area contributed by atoms with Gasteiger partial charge in [0.2, 0.25) is 5.95 Å². The topological polar surface area (TPSA) is 75.9 Å². The molecule has 1 amide bonds. The van der Waals surface area contributed by atoms with Crippen LogP contribution < -0.4 is 5.32 Å². The first-order valence-corrected chi connectivity index (χ1v) is 6.30. The van der Waals surface area contributed by atoms with Crippen LogP contribution in [-0.2, 0) is 0 Å². The standard InChI is InChI=1S/C11H13BrN6O/c1-13-11-14-6-7(12)9(15-11)18-5-4-8(16-18)10(19)17(2)3/h4-6H,1-3H3,(H,13,14,15). The van der Waals surface area contributed by atoms with Gasteiger partial charge >= 0.3 is 0 Å². The molecule has 0 atom stereocenters. The van der Waals surface area contributed by atoms with Crippen LogP contribution >= 0.6 is 15.9 Å². The highest BCUT2D eigenvalue weighted by Gasteiger charge is 2.14. The van der Waals surface area contributed by atoms with Gasteiger partial charge < -0.3 is 10.2 Å². The van der Waals surface area contributed by atoms with Crippen molar-refractivity contribution in [3.8, 4) is 5.82 Å². The number of aromatic nitrogens is 4. The number of nitrogens with one attached hydrogen (secondary N) is 1. The van der Waals surface area contributed by atoms with Crippen LogP contribution in [0.1, 0.15) is 10.5 Å². The summed E-state index contributed by atoms with van der Waals surface area (Å²) in [5.41, 5.74) is 0.363. The summed E-state index contributed by atoms with van der Waals surface area (Å²) in [6.45, 7) is 0. The van der Waals surface area contributed by atoms with Crippen LogP contribution in [0.25, 0.3) is 5.82 Å². The van der Waals surface area contributed by atoms with E-state index in [2.05, 4.69) is 36.3 Å². The number of amides is 1. The Hall–Kier alpha value is -1.96. The quantitative estimate of drug-likeness (QED) is 0.917. The van der Waals surface area contributed by atoms with Crippen molar-refractivity contribution >= 4 is 27.8 Å². The van der Waals surface area contributed by atoms with Crippen molar-refractivity contribution in [2.24, 2.45) is 0 Å². The minimum atomic E-state index is -0.155. The minimum Gasteiger partial charge on any atom is -0.357 e. The highest BCUT2D eigenvalue weighted by molar-refractivity contribution is 9.10. The third-order valence-corrected chi connectivity index (χ3v) is 2.94. The molecular formula is C11H13BrN6O. The number of anilines is 1. The maximum Gasteiger partial charge on any atom is 0.273 e. The number of nitrogens with zero attached hydrogens (tertiary/aromatic N) is 5. The molecule has 2 aromatic heterocycles. The van der Waals surface area contributed by atoms with Gasteiger partial charge in [0.1, 0.15) is 0 Å². The Morgan fingerprint density at radius 2 is 2.21 bits per heavy atom. The predicted octanol–water partition coefficient (Wildman–Crippen LogP) is 1.17. The Labute approximate surface area is 118 Å². The van der Waals surface area contributed by atoms with Crippen molar-refractivity contribution in [2.75, 3.05) is 26.5 Å². The largest absolute Gasteiger partial charge is 0.357 e. The van der Waals surface area contributed by atoms with E-state index in [4.69, 9.17) is 0 Å². The second kappa shape index (κ2) is 5.35. The van der Waals surface area contributed by atoms with Gasteiger partial charge in [0.25, 0.3) is 5.91 Å². The Kier molecular flexibility index (Phi) is 3.79. The van der Waals surface area contributed by atoms with Crippen LogP contribution in [0.2, 0.25) is 0 Å². The molecule has 0 bridgehead atoms. The number of hydrogen-bond acceptors (Lipinski definition) is 5.